The third kappa shape index (κ3) is 3.10. The number of fused-ring (bicyclic) bond motifs is 2. The van der Waals surface area contributed by atoms with Crippen LogP contribution < -0.4 is 14.5 Å². The minimum absolute atomic E-state index is 0.00839. The molecule has 2 aliphatic heterocycles. The number of aromatic nitrogens is 1. The lowest BCUT2D eigenvalue weighted by Gasteiger charge is -2.35. The van der Waals surface area contributed by atoms with Crippen LogP contribution in [0.25, 0.3) is 10.1 Å². The van der Waals surface area contributed by atoms with E-state index in [1.807, 2.05) is 6.07 Å². The molecule has 0 N–H and O–H groups in total. The first-order valence-electron chi connectivity index (χ1n) is 9.53. The largest absolute Gasteiger partial charge is 0.482 e. The molecule has 0 spiro atoms. The maximum absolute atomic E-state index is 11.8. The zero-order valence-corrected chi connectivity index (χ0v) is 16.6. The van der Waals surface area contributed by atoms with Gasteiger partial charge in [-0.15, -0.1) is 0 Å². The second kappa shape index (κ2) is 7.07. The predicted octanol–water partition coefficient (Wildman–Crippen LogP) is 2.97. The summed E-state index contributed by atoms with van der Waals surface area (Å²) >= 11 is 1.58. The number of amides is 1. The summed E-state index contributed by atoms with van der Waals surface area (Å²) < 4.78 is 11.6. The Hall–Kier alpha value is -2.64. The van der Waals surface area contributed by atoms with E-state index in [9.17, 15) is 4.79 Å². The van der Waals surface area contributed by atoms with Crippen LogP contribution in [0.2, 0.25) is 0 Å². The molecule has 2 aliphatic rings. The van der Waals surface area contributed by atoms with Crippen LogP contribution in [0.3, 0.4) is 0 Å². The molecule has 0 bridgehead atoms. The van der Waals surface area contributed by atoms with Gasteiger partial charge in [-0.2, -0.15) is 4.37 Å². The van der Waals surface area contributed by atoms with Crippen LogP contribution in [0.5, 0.6) is 5.75 Å². The van der Waals surface area contributed by atoms with Crippen LogP contribution >= 0.6 is 11.5 Å². The molecule has 2 aromatic carbocycles. The van der Waals surface area contributed by atoms with E-state index >= 15 is 0 Å². The number of hydrogen-bond acceptors (Lipinski definition) is 6. The van der Waals surface area contributed by atoms with Crippen molar-refractivity contribution in [3.05, 3.63) is 48.0 Å². The number of carbonyl (C=O) groups excluding carboxylic acids is 1. The lowest BCUT2D eigenvalue weighted by molar-refractivity contribution is -0.120. The number of piperazine rings is 1. The van der Waals surface area contributed by atoms with Crippen molar-refractivity contribution in [2.45, 2.75) is 6.54 Å². The molecular weight excluding hydrogens is 372 g/mol. The molecule has 144 valence electrons. The summed E-state index contributed by atoms with van der Waals surface area (Å²) in [5, 5.41) is 1.26. The summed E-state index contributed by atoms with van der Waals surface area (Å²) in [6.07, 6.45) is 0. The average Bonchev–Trinajstić information content (AvgIpc) is 3.16. The zero-order valence-electron chi connectivity index (χ0n) is 15.8. The van der Waals surface area contributed by atoms with Crippen LogP contribution in [-0.4, -0.2) is 55.0 Å². The van der Waals surface area contributed by atoms with Crippen LogP contribution in [-0.2, 0) is 11.3 Å². The number of carbonyl (C=O) groups is 1. The molecule has 0 saturated carbocycles. The van der Waals surface area contributed by atoms with Crippen LogP contribution in [0.1, 0.15) is 5.56 Å². The van der Waals surface area contributed by atoms with Crippen LogP contribution in [0, 0.1) is 0 Å². The molecule has 5 rings (SSSR count). The van der Waals surface area contributed by atoms with Gasteiger partial charge in [0.1, 0.15) is 11.6 Å². The Morgan fingerprint density at radius 3 is 2.79 bits per heavy atom. The predicted molar refractivity (Wildman–Crippen MR) is 112 cm³/mol. The number of ether oxygens (including phenoxy) is 1. The maximum atomic E-state index is 11.8. The minimum atomic E-state index is -0.00839. The summed E-state index contributed by atoms with van der Waals surface area (Å²) in [6.45, 7) is 4.97. The SMILES string of the molecule is CN1C(=O)COc2cc(CN3CCN(c4nsc5ccccc45)CC3)ccc21. The van der Waals surface area contributed by atoms with Gasteiger partial charge in [-0.3, -0.25) is 9.69 Å². The highest BCUT2D eigenvalue weighted by molar-refractivity contribution is 7.13. The van der Waals surface area contributed by atoms with E-state index in [0.29, 0.717) is 0 Å². The van der Waals surface area contributed by atoms with Gasteiger partial charge in [0.05, 0.1) is 10.4 Å². The number of rotatable bonds is 3. The minimum Gasteiger partial charge on any atom is -0.482 e. The van der Waals surface area contributed by atoms with Crippen molar-refractivity contribution < 1.29 is 9.53 Å². The van der Waals surface area contributed by atoms with Gasteiger partial charge in [0.15, 0.2) is 6.61 Å². The number of anilines is 2. The summed E-state index contributed by atoms with van der Waals surface area (Å²) in [7, 11) is 1.80. The first-order chi connectivity index (χ1) is 13.7. The topological polar surface area (TPSA) is 48.9 Å². The van der Waals surface area contributed by atoms with Gasteiger partial charge in [-0.1, -0.05) is 18.2 Å². The van der Waals surface area contributed by atoms with E-state index in [1.54, 1.807) is 23.5 Å². The molecule has 1 fully saturated rings. The maximum Gasteiger partial charge on any atom is 0.264 e. The Balaban J connectivity index is 1.25. The van der Waals surface area contributed by atoms with Crippen molar-refractivity contribution in [1.29, 1.82) is 0 Å². The van der Waals surface area contributed by atoms with Gasteiger partial charge in [-0.25, -0.2) is 0 Å². The third-order valence-corrected chi connectivity index (χ3v) is 6.36. The van der Waals surface area contributed by atoms with Gasteiger partial charge >= 0.3 is 0 Å². The smallest absolute Gasteiger partial charge is 0.264 e. The number of benzene rings is 2. The third-order valence-electron chi connectivity index (χ3n) is 5.55. The van der Waals surface area contributed by atoms with Crippen molar-refractivity contribution in [3.8, 4) is 5.75 Å². The standard InChI is InChI=1S/C21H22N4O2S/c1-23-17-7-6-15(12-18(17)27-14-20(23)26)13-24-8-10-25(11-9-24)21-16-4-2-3-5-19(16)28-22-21/h2-7,12H,8-11,13-14H2,1H3. The van der Waals surface area contributed by atoms with Gasteiger partial charge < -0.3 is 14.5 Å². The Bertz CT molecular complexity index is 1030. The van der Waals surface area contributed by atoms with Gasteiger partial charge in [-0.05, 0) is 41.4 Å². The molecule has 1 saturated heterocycles. The van der Waals surface area contributed by atoms with E-state index in [0.717, 1.165) is 50.0 Å². The normalized spacial score (nSPS) is 17.7. The lowest BCUT2D eigenvalue weighted by atomic mass is 10.1. The monoisotopic (exact) mass is 394 g/mol. The van der Waals surface area contributed by atoms with Crippen LogP contribution in [0.15, 0.2) is 42.5 Å². The molecule has 1 amide bonds. The lowest BCUT2D eigenvalue weighted by Crippen LogP contribution is -2.46. The van der Waals surface area contributed by atoms with E-state index in [2.05, 4.69) is 50.6 Å². The van der Waals surface area contributed by atoms with Gasteiger partial charge in [0.2, 0.25) is 0 Å². The van der Waals surface area contributed by atoms with Crippen molar-refractivity contribution >= 4 is 39.0 Å². The Labute approximate surface area is 168 Å². The van der Waals surface area contributed by atoms with E-state index in [-0.39, 0.29) is 12.5 Å². The fourth-order valence-corrected chi connectivity index (χ4v) is 4.69. The average molecular weight is 395 g/mol. The van der Waals surface area contributed by atoms with E-state index < -0.39 is 0 Å². The summed E-state index contributed by atoms with van der Waals surface area (Å²) in [4.78, 5) is 18.3. The number of nitrogens with zero attached hydrogens (tertiary/aromatic N) is 4. The molecular formula is C21H22N4O2S. The molecule has 6 nitrogen and oxygen atoms in total. The molecule has 0 atom stereocenters. The first-order valence-corrected chi connectivity index (χ1v) is 10.3. The van der Waals surface area contributed by atoms with Gasteiger partial charge in [0.25, 0.3) is 5.91 Å². The highest BCUT2D eigenvalue weighted by atomic mass is 32.1. The van der Waals surface area contributed by atoms with Crippen molar-refractivity contribution in [2.75, 3.05) is 49.6 Å². The zero-order chi connectivity index (χ0) is 19.1. The molecule has 0 aliphatic carbocycles. The second-order valence-corrected chi connectivity index (χ2v) is 8.11. The van der Waals surface area contributed by atoms with E-state index in [1.165, 1.54) is 15.6 Å². The molecule has 1 aromatic heterocycles. The van der Waals surface area contributed by atoms with Crippen molar-refractivity contribution in [2.24, 2.45) is 0 Å². The number of likely N-dealkylation sites (N-methyl/N-ethyl adjacent to an activating group) is 1. The Morgan fingerprint density at radius 2 is 1.93 bits per heavy atom. The second-order valence-electron chi connectivity index (χ2n) is 7.31. The number of hydrogen-bond donors (Lipinski definition) is 0. The van der Waals surface area contributed by atoms with Crippen molar-refractivity contribution in [1.82, 2.24) is 9.27 Å². The van der Waals surface area contributed by atoms with Crippen LogP contribution in [0.4, 0.5) is 11.5 Å². The molecule has 7 heteroatoms. The Morgan fingerprint density at radius 1 is 1.11 bits per heavy atom. The Kier molecular flexibility index (Phi) is 4.41. The molecule has 0 unspecified atom stereocenters. The molecule has 28 heavy (non-hydrogen) atoms. The fourth-order valence-electron chi connectivity index (χ4n) is 3.90. The highest BCUT2D eigenvalue weighted by Crippen LogP contribution is 2.33. The van der Waals surface area contributed by atoms with E-state index in [4.69, 9.17) is 4.74 Å². The molecule has 3 heterocycles. The molecule has 3 aromatic rings. The summed E-state index contributed by atoms with van der Waals surface area (Å²) in [6, 6.07) is 14.6. The summed E-state index contributed by atoms with van der Waals surface area (Å²) in [5.41, 5.74) is 2.06. The van der Waals surface area contributed by atoms with Crippen molar-refractivity contribution in [3.63, 3.8) is 0 Å². The quantitative estimate of drug-likeness (QED) is 0.684. The first kappa shape index (κ1) is 17.5. The highest BCUT2D eigenvalue weighted by Gasteiger charge is 2.24. The van der Waals surface area contributed by atoms with Gasteiger partial charge in [0, 0.05) is 45.2 Å². The summed E-state index contributed by atoms with van der Waals surface area (Å²) in [5.74, 6) is 1.91. The molecule has 0 radical (unpaired) electrons. The fraction of sp³-hybridized carbons (Fsp3) is 0.333.